The lowest BCUT2D eigenvalue weighted by Gasteiger charge is -2.29. The second-order valence-electron chi connectivity index (χ2n) is 6.31. The van der Waals surface area contributed by atoms with Gasteiger partial charge in [0, 0.05) is 6.42 Å². The fraction of sp³-hybridized carbons (Fsp3) is 0.643. The highest BCUT2D eigenvalue weighted by Crippen LogP contribution is 2.26. The largest absolute Gasteiger partial charge is 0.479 e. The number of aryl methyl sites for hydroxylation is 1. The number of carboxylic acid groups (broad SMARTS) is 1. The lowest BCUT2D eigenvalue weighted by Crippen LogP contribution is -2.56. The average Bonchev–Trinajstić information content (AvgIpc) is 2.63. The van der Waals surface area contributed by atoms with Crippen LogP contribution >= 0.6 is 31.9 Å². The molecule has 9 heteroatoms. The van der Waals surface area contributed by atoms with Crippen LogP contribution in [0.25, 0.3) is 0 Å². The van der Waals surface area contributed by atoms with Gasteiger partial charge in [0.2, 0.25) is 0 Å². The number of aliphatic carboxylic acids is 1. The van der Waals surface area contributed by atoms with Gasteiger partial charge in [0.25, 0.3) is 0 Å². The summed E-state index contributed by atoms with van der Waals surface area (Å²) in [5, 5.41) is 12.0. The van der Waals surface area contributed by atoms with Crippen LogP contribution in [-0.4, -0.2) is 37.9 Å². The lowest BCUT2D eigenvalue weighted by atomic mass is 10.0. The molecule has 7 nitrogen and oxygen atoms in total. The first-order chi connectivity index (χ1) is 10.4. The summed E-state index contributed by atoms with van der Waals surface area (Å²) in [6.45, 7) is 8.48. The van der Waals surface area contributed by atoms with E-state index in [-0.39, 0.29) is 6.54 Å². The van der Waals surface area contributed by atoms with Gasteiger partial charge in [-0.05, 0) is 59.6 Å². The Morgan fingerprint density at radius 3 is 2.30 bits per heavy atom. The van der Waals surface area contributed by atoms with Crippen LogP contribution in [0.3, 0.4) is 0 Å². The molecule has 1 atom stereocenters. The maximum absolute atomic E-state index is 12.0. The topological polar surface area (TPSA) is 93.5 Å². The number of carboxylic acids is 1. The molecule has 0 radical (unpaired) electrons. The molecule has 0 spiro atoms. The number of nitrogens with one attached hydrogen (secondary N) is 1. The quantitative estimate of drug-likeness (QED) is 0.711. The standard InChI is InChI=1S/C14H21Br2N3O4/c1-6-8-17-9(15)10(16)19(8)7-14(5,11(20)21)18-12(22)23-13(2,3)4/h6-7H2,1-5H3,(H,18,22)(H,20,21). The Labute approximate surface area is 152 Å². The summed E-state index contributed by atoms with van der Waals surface area (Å²) in [7, 11) is 0. The molecule has 0 aliphatic heterocycles. The molecule has 23 heavy (non-hydrogen) atoms. The first kappa shape index (κ1) is 20.0. The summed E-state index contributed by atoms with van der Waals surface area (Å²) < 4.78 is 8.06. The molecular weight excluding hydrogens is 434 g/mol. The van der Waals surface area contributed by atoms with E-state index in [0.717, 1.165) is 0 Å². The number of imidazole rings is 1. The van der Waals surface area contributed by atoms with Crippen molar-refractivity contribution in [2.24, 2.45) is 0 Å². The van der Waals surface area contributed by atoms with Crippen LogP contribution in [0.2, 0.25) is 0 Å². The van der Waals surface area contributed by atoms with E-state index in [1.165, 1.54) is 6.92 Å². The van der Waals surface area contributed by atoms with Crippen molar-refractivity contribution >= 4 is 43.9 Å². The van der Waals surface area contributed by atoms with E-state index in [0.29, 0.717) is 21.5 Å². The van der Waals surface area contributed by atoms with E-state index in [2.05, 4.69) is 42.2 Å². The number of halogens is 2. The molecule has 0 saturated carbocycles. The molecule has 1 unspecified atom stereocenters. The van der Waals surface area contributed by atoms with E-state index in [9.17, 15) is 14.7 Å². The summed E-state index contributed by atoms with van der Waals surface area (Å²) in [4.78, 5) is 28.0. The molecule has 0 aromatic carbocycles. The molecule has 0 saturated heterocycles. The molecule has 2 N–H and O–H groups in total. The van der Waals surface area contributed by atoms with Gasteiger partial charge in [0.05, 0.1) is 6.54 Å². The van der Waals surface area contributed by atoms with Crippen LogP contribution in [0.4, 0.5) is 4.79 Å². The molecule has 0 bridgehead atoms. The van der Waals surface area contributed by atoms with Crippen molar-refractivity contribution in [1.82, 2.24) is 14.9 Å². The van der Waals surface area contributed by atoms with E-state index in [1.807, 2.05) is 6.92 Å². The van der Waals surface area contributed by atoms with Crippen LogP contribution in [0.1, 0.15) is 40.4 Å². The summed E-state index contributed by atoms with van der Waals surface area (Å²) in [5.41, 5.74) is -2.26. The van der Waals surface area contributed by atoms with E-state index in [4.69, 9.17) is 4.74 Å². The Balaban J connectivity index is 3.07. The zero-order valence-electron chi connectivity index (χ0n) is 13.7. The minimum atomic E-state index is -1.55. The highest BCUT2D eigenvalue weighted by molar-refractivity contribution is 9.13. The highest BCUT2D eigenvalue weighted by Gasteiger charge is 2.38. The molecule has 1 rings (SSSR count). The Morgan fingerprint density at radius 2 is 1.87 bits per heavy atom. The molecule has 1 aromatic heterocycles. The van der Waals surface area contributed by atoms with Crippen molar-refractivity contribution in [2.45, 2.75) is 58.7 Å². The predicted octanol–water partition coefficient (Wildman–Crippen LogP) is 3.34. The number of amides is 1. The second kappa shape index (κ2) is 7.21. The maximum atomic E-state index is 12.0. The van der Waals surface area contributed by atoms with E-state index < -0.39 is 23.2 Å². The van der Waals surface area contributed by atoms with Crippen molar-refractivity contribution in [3.63, 3.8) is 0 Å². The van der Waals surface area contributed by atoms with E-state index in [1.54, 1.807) is 25.3 Å². The molecule has 0 aliphatic carbocycles. The third-order valence-corrected chi connectivity index (χ3v) is 4.87. The van der Waals surface area contributed by atoms with Crippen LogP contribution in [-0.2, 0) is 22.5 Å². The molecule has 1 aromatic rings. The zero-order valence-corrected chi connectivity index (χ0v) is 16.9. The fourth-order valence-electron chi connectivity index (χ4n) is 1.88. The SMILES string of the molecule is CCc1nc(Br)c(Br)n1CC(C)(NC(=O)OC(C)(C)C)C(=O)O. The van der Waals surface area contributed by atoms with Crippen LogP contribution in [0.15, 0.2) is 9.21 Å². The van der Waals surface area contributed by atoms with Gasteiger partial charge >= 0.3 is 12.1 Å². The third-order valence-electron chi connectivity index (χ3n) is 2.99. The number of carbonyl (C=O) groups is 2. The average molecular weight is 455 g/mol. The maximum Gasteiger partial charge on any atom is 0.408 e. The normalized spacial score (nSPS) is 14.2. The first-order valence-electron chi connectivity index (χ1n) is 7.04. The number of carbonyl (C=O) groups excluding carboxylic acids is 1. The van der Waals surface area contributed by atoms with E-state index >= 15 is 0 Å². The van der Waals surface area contributed by atoms with Crippen LogP contribution in [0.5, 0.6) is 0 Å². The van der Waals surface area contributed by atoms with Crippen LogP contribution < -0.4 is 5.32 Å². The summed E-state index contributed by atoms with van der Waals surface area (Å²) in [6, 6.07) is 0. The number of rotatable bonds is 5. The van der Waals surface area contributed by atoms with Gasteiger partial charge in [0.1, 0.15) is 20.6 Å². The van der Waals surface area contributed by atoms with Gasteiger partial charge in [-0.3, -0.25) is 0 Å². The minimum Gasteiger partial charge on any atom is -0.479 e. The number of alkyl carbamates (subject to hydrolysis) is 1. The third kappa shape index (κ3) is 5.20. The van der Waals surface area contributed by atoms with Gasteiger partial charge < -0.3 is 19.7 Å². The lowest BCUT2D eigenvalue weighted by molar-refractivity contribution is -0.144. The highest BCUT2D eigenvalue weighted by atomic mass is 79.9. The van der Waals surface area contributed by atoms with Crippen LogP contribution in [0, 0.1) is 0 Å². The van der Waals surface area contributed by atoms with Crippen molar-refractivity contribution in [1.29, 1.82) is 0 Å². The van der Waals surface area contributed by atoms with Crippen molar-refractivity contribution in [2.75, 3.05) is 0 Å². The molecular formula is C14H21Br2N3O4. The number of ether oxygens (including phenoxy) is 1. The number of hydrogen-bond donors (Lipinski definition) is 2. The molecule has 1 heterocycles. The van der Waals surface area contributed by atoms with Gasteiger partial charge in [-0.1, -0.05) is 6.92 Å². The smallest absolute Gasteiger partial charge is 0.408 e. The zero-order chi connectivity index (χ0) is 18.0. The van der Waals surface area contributed by atoms with Gasteiger partial charge in [0.15, 0.2) is 5.54 Å². The Hall–Kier alpha value is -1.09. The number of aromatic nitrogens is 2. The summed E-state index contributed by atoms with van der Waals surface area (Å²) in [5.74, 6) is -0.468. The monoisotopic (exact) mass is 453 g/mol. The number of nitrogens with zero attached hydrogens (tertiary/aromatic N) is 2. The van der Waals surface area contributed by atoms with Crippen molar-refractivity contribution in [3.05, 3.63) is 15.0 Å². The fourth-order valence-corrected chi connectivity index (χ4v) is 2.72. The Bertz CT molecular complexity index is 610. The molecule has 1 amide bonds. The molecule has 0 fully saturated rings. The Morgan fingerprint density at radius 1 is 1.30 bits per heavy atom. The summed E-state index contributed by atoms with van der Waals surface area (Å²) >= 11 is 6.68. The summed E-state index contributed by atoms with van der Waals surface area (Å²) in [6.07, 6.45) is -0.164. The predicted molar refractivity (Wildman–Crippen MR) is 92.4 cm³/mol. The first-order valence-corrected chi connectivity index (χ1v) is 8.63. The second-order valence-corrected chi connectivity index (χ2v) is 7.82. The van der Waals surface area contributed by atoms with Crippen molar-refractivity contribution in [3.8, 4) is 0 Å². The van der Waals surface area contributed by atoms with Crippen molar-refractivity contribution < 1.29 is 19.4 Å². The van der Waals surface area contributed by atoms with Gasteiger partial charge in [-0.25, -0.2) is 14.6 Å². The Kier molecular flexibility index (Phi) is 6.25. The van der Waals surface area contributed by atoms with Gasteiger partial charge in [-0.15, -0.1) is 0 Å². The minimum absolute atomic E-state index is 0.00390. The molecule has 0 aliphatic rings. The number of hydrogen-bond acceptors (Lipinski definition) is 4. The molecule has 130 valence electrons. The van der Waals surface area contributed by atoms with Gasteiger partial charge in [-0.2, -0.15) is 0 Å².